The summed E-state index contributed by atoms with van der Waals surface area (Å²) in [6.45, 7) is 0.982. The minimum atomic E-state index is 0.603. The van der Waals surface area contributed by atoms with E-state index >= 15 is 0 Å². The van der Waals surface area contributed by atoms with Crippen LogP contribution in [-0.4, -0.2) is 6.54 Å². The van der Waals surface area contributed by atoms with Crippen molar-refractivity contribution in [2.45, 2.75) is 6.42 Å². The smallest absolute Gasteiger partial charge is 0.0395 e. The van der Waals surface area contributed by atoms with E-state index in [1.807, 2.05) is 6.20 Å². The molecular weight excluding hydrogens is 134 g/mol. The normalized spacial score (nSPS) is 34.2. The third kappa shape index (κ3) is 1.37. The van der Waals surface area contributed by atoms with Gasteiger partial charge in [-0.25, -0.2) is 0 Å². The molecule has 2 unspecified atom stereocenters. The van der Waals surface area contributed by atoms with Gasteiger partial charge in [-0.2, -0.15) is 0 Å². The second kappa shape index (κ2) is 2.95. The van der Waals surface area contributed by atoms with Crippen molar-refractivity contribution in [3.63, 3.8) is 0 Å². The van der Waals surface area contributed by atoms with E-state index in [1.165, 1.54) is 6.42 Å². The first-order valence-electron chi connectivity index (χ1n) is 4.15. The van der Waals surface area contributed by atoms with Crippen molar-refractivity contribution in [1.82, 2.24) is 5.32 Å². The molecule has 2 aliphatic rings. The molecule has 1 aliphatic heterocycles. The second-order valence-electron chi connectivity index (χ2n) is 3.05. The van der Waals surface area contributed by atoms with Crippen LogP contribution < -0.4 is 5.32 Å². The molecule has 0 saturated heterocycles. The Kier molecular flexibility index (Phi) is 1.80. The summed E-state index contributed by atoms with van der Waals surface area (Å²) in [6, 6.07) is 0. The van der Waals surface area contributed by atoms with Crippen molar-refractivity contribution in [3.05, 3.63) is 36.6 Å². The summed E-state index contributed by atoms with van der Waals surface area (Å²) < 4.78 is 0. The highest BCUT2D eigenvalue weighted by atomic mass is 14.8. The van der Waals surface area contributed by atoms with Crippen LogP contribution in [0.2, 0.25) is 0 Å². The standard InChI is InChI=1S/C10H12N/c1-2-4-10-6-8-11-7-5-9(10)3-1/h1-5,7,9-10H,6,8H2. The minimum absolute atomic E-state index is 0.603. The van der Waals surface area contributed by atoms with Crippen LogP contribution in [0, 0.1) is 11.8 Å². The van der Waals surface area contributed by atoms with E-state index in [0.717, 1.165) is 6.54 Å². The topological polar surface area (TPSA) is 14.1 Å². The molecule has 0 N–H and O–H groups in total. The van der Waals surface area contributed by atoms with E-state index in [2.05, 4.69) is 35.7 Å². The Bertz CT molecular complexity index is 213. The lowest BCUT2D eigenvalue weighted by molar-refractivity contribution is 0.517. The lowest BCUT2D eigenvalue weighted by atomic mass is 9.87. The molecule has 2 atom stereocenters. The van der Waals surface area contributed by atoms with Crippen LogP contribution in [-0.2, 0) is 0 Å². The summed E-state index contributed by atoms with van der Waals surface area (Å²) in [5.74, 6) is 1.30. The molecule has 1 nitrogen and oxygen atoms in total. The Morgan fingerprint density at radius 2 is 2.00 bits per heavy atom. The fraction of sp³-hybridized carbons (Fsp3) is 0.400. The van der Waals surface area contributed by atoms with Crippen molar-refractivity contribution in [1.29, 1.82) is 0 Å². The third-order valence-electron chi connectivity index (χ3n) is 2.30. The molecular formula is C10H12N. The van der Waals surface area contributed by atoms with Crippen molar-refractivity contribution in [2.75, 3.05) is 6.54 Å². The first-order valence-corrected chi connectivity index (χ1v) is 4.15. The predicted octanol–water partition coefficient (Wildman–Crippen LogP) is 1.87. The maximum atomic E-state index is 4.25. The van der Waals surface area contributed by atoms with E-state index in [1.54, 1.807) is 0 Å². The summed E-state index contributed by atoms with van der Waals surface area (Å²) in [4.78, 5) is 0. The molecule has 0 amide bonds. The van der Waals surface area contributed by atoms with Crippen LogP contribution in [0.3, 0.4) is 0 Å². The molecule has 0 fully saturated rings. The van der Waals surface area contributed by atoms with Gasteiger partial charge >= 0.3 is 0 Å². The molecule has 57 valence electrons. The zero-order valence-electron chi connectivity index (χ0n) is 6.48. The van der Waals surface area contributed by atoms with Gasteiger partial charge in [-0.05, 0) is 12.3 Å². The van der Waals surface area contributed by atoms with Crippen molar-refractivity contribution in [2.24, 2.45) is 11.8 Å². The first-order chi connectivity index (χ1) is 5.47. The van der Waals surface area contributed by atoms with Crippen LogP contribution in [0.15, 0.2) is 36.6 Å². The van der Waals surface area contributed by atoms with Gasteiger partial charge < -0.3 is 0 Å². The zero-order valence-corrected chi connectivity index (χ0v) is 6.48. The van der Waals surface area contributed by atoms with Gasteiger partial charge in [0.1, 0.15) is 0 Å². The van der Waals surface area contributed by atoms with Gasteiger partial charge in [-0.1, -0.05) is 30.4 Å². The van der Waals surface area contributed by atoms with Gasteiger partial charge in [0.15, 0.2) is 0 Å². The van der Waals surface area contributed by atoms with E-state index < -0.39 is 0 Å². The number of fused-ring (bicyclic) bond motifs is 1. The van der Waals surface area contributed by atoms with Gasteiger partial charge in [0, 0.05) is 18.7 Å². The molecule has 1 heteroatoms. The molecule has 0 aromatic carbocycles. The van der Waals surface area contributed by atoms with Gasteiger partial charge in [0.2, 0.25) is 0 Å². The molecule has 0 spiro atoms. The van der Waals surface area contributed by atoms with Crippen LogP contribution in [0.25, 0.3) is 0 Å². The van der Waals surface area contributed by atoms with Crippen molar-refractivity contribution in [3.8, 4) is 0 Å². The zero-order chi connectivity index (χ0) is 7.52. The van der Waals surface area contributed by atoms with Gasteiger partial charge in [0.25, 0.3) is 0 Å². The van der Waals surface area contributed by atoms with E-state index in [0.29, 0.717) is 11.8 Å². The maximum Gasteiger partial charge on any atom is 0.0395 e. The summed E-state index contributed by atoms with van der Waals surface area (Å²) in [6.07, 6.45) is 14.1. The molecule has 1 heterocycles. The molecule has 1 aliphatic carbocycles. The fourth-order valence-corrected chi connectivity index (χ4v) is 1.62. The molecule has 0 saturated carbocycles. The number of nitrogens with zero attached hydrogens (tertiary/aromatic N) is 1. The molecule has 0 bridgehead atoms. The summed E-state index contributed by atoms with van der Waals surface area (Å²) in [5, 5.41) is 4.25. The average Bonchev–Trinajstić information content (AvgIpc) is 2.28. The molecule has 1 radical (unpaired) electrons. The largest absolute Gasteiger partial charge is 0.293 e. The summed E-state index contributed by atoms with van der Waals surface area (Å²) in [7, 11) is 0. The van der Waals surface area contributed by atoms with Crippen LogP contribution >= 0.6 is 0 Å². The maximum absolute atomic E-state index is 4.25. The molecule has 0 aromatic rings. The SMILES string of the molecule is C1=CC2C=C[N]CCC2C=C1. The highest BCUT2D eigenvalue weighted by Gasteiger charge is 2.17. The van der Waals surface area contributed by atoms with Crippen LogP contribution in [0.5, 0.6) is 0 Å². The van der Waals surface area contributed by atoms with Gasteiger partial charge in [0.05, 0.1) is 0 Å². The van der Waals surface area contributed by atoms with Gasteiger partial charge in [-0.15, -0.1) is 0 Å². The number of rotatable bonds is 0. The average molecular weight is 146 g/mol. The Hall–Kier alpha value is -0.980. The molecule has 0 aromatic heterocycles. The number of hydrogen-bond donors (Lipinski definition) is 0. The van der Waals surface area contributed by atoms with Crippen molar-refractivity contribution >= 4 is 0 Å². The molecule has 2 rings (SSSR count). The lowest BCUT2D eigenvalue weighted by Gasteiger charge is -2.18. The van der Waals surface area contributed by atoms with Crippen LogP contribution in [0.4, 0.5) is 0 Å². The van der Waals surface area contributed by atoms with E-state index in [9.17, 15) is 0 Å². The predicted molar refractivity (Wildman–Crippen MR) is 46.0 cm³/mol. The highest BCUT2D eigenvalue weighted by Crippen LogP contribution is 2.25. The van der Waals surface area contributed by atoms with E-state index in [4.69, 9.17) is 0 Å². The first kappa shape index (κ1) is 6.71. The Labute approximate surface area is 67.5 Å². The lowest BCUT2D eigenvalue weighted by Crippen LogP contribution is -2.10. The second-order valence-corrected chi connectivity index (χ2v) is 3.05. The monoisotopic (exact) mass is 146 g/mol. The quantitative estimate of drug-likeness (QED) is 0.495. The molecule has 11 heavy (non-hydrogen) atoms. The number of hydrogen-bond acceptors (Lipinski definition) is 0. The summed E-state index contributed by atoms with van der Waals surface area (Å²) in [5.41, 5.74) is 0. The van der Waals surface area contributed by atoms with Gasteiger partial charge in [-0.3, -0.25) is 5.32 Å². The number of allylic oxidation sites excluding steroid dienone is 5. The van der Waals surface area contributed by atoms with E-state index in [-0.39, 0.29) is 0 Å². The fourth-order valence-electron chi connectivity index (χ4n) is 1.62. The van der Waals surface area contributed by atoms with Crippen LogP contribution in [0.1, 0.15) is 6.42 Å². The highest BCUT2D eigenvalue weighted by molar-refractivity contribution is 5.19. The third-order valence-corrected chi connectivity index (χ3v) is 2.30. The Morgan fingerprint density at radius 1 is 1.09 bits per heavy atom. The Morgan fingerprint density at radius 3 is 3.00 bits per heavy atom. The summed E-state index contributed by atoms with van der Waals surface area (Å²) >= 11 is 0. The Balaban J connectivity index is 2.16. The van der Waals surface area contributed by atoms with Crippen molar-refractivity contribution < 1.29 is 0 Å². The minimum Gasteiger partial charge on any atom is -0.293 e.